The summed E-state index contributed by atoms with van der Waals surface area (Å²) in [6.07, 6.45) is 2.23. The predicted octanol–water partition coefficient (Wildman–Crippen LogP) is 1.36. The van der Waals surface area contributed by atoms with Crippen molar-refractivity contribution in [3.63, 3.8) is 0 Å². The van der Waals surface area contributed by atoms with Crippen LogP contribution in [-0.4, -0.2) is 34.8 Å². The molecule has 1 heterocycles. The molecule has 0 aromatic heterocycles. The normalized spacial score (nSPS) is 25.2. The van der Waals surface area contributed by atoms with Crippen LogP contribution in [-0.2, 0) is 4.79 Å². The molecular formula is C10H19BrN2O. The summed E-state index contributed by atoms with van der Waals surface area (Å²) >= 11 is 3.55. The summed E-state index contributed by atoms with van der Waals surface area (Å²) in [6, 6.07) is -0.340. The first-order chi connectivity index (χ1) is 6.52. The van der Waals surface area contributed by atoms with E-state index in [1.54, 1.807) is 0 Å². The lowest BCUT2D eigenvalue weighted by molar-refractivity contribution is -0.134. The molecule has 0 unspecified atom stereocenters. The number of hydrogen-bond donors (Lipinski definition) is 1. The third-order valence-corrected chi connectivity index (χ3v) is 3.43. The number of rotatable bonds is 2. The van der Waals surface area contributed by atoms with E-state index in [1.165, 1.54) is 0 Å². The second-order valence-electron chi connectivity index (χ2n) is 4.29. The summed E-state index contributed by atoms with van der Waals surface area (Å²) in [5.74, 6) is 0.322. The van der Waals surface area contributed by atoms with Gasteiger partial charge in [-0.1, -0.05) is 29.8 Å². The summed E-state index contributed by atoms with van der Waals surface area (Å²) in [7, 11) is 0. The predicted molar refractivity (Wildman–Crippen MR) is 61.3 cm³/mol. The van der Waals surface area contributed by atoms with Gasteiger partial charge in [0.05, 0.1) is 6.04 Å². The van der Waals surface area contributed by atoms with Crippen molar-refractivity contribution in [1.29, 1.82) is 0 Å². The van der Waals surface area contributed by atoms with E-state index in [-0.39, 0.29) is 17.9 Å². The summed E-state index contributed by atoms with van der Waals surface area (Å²) in [5, 5.41) is 0. The van der Waals surface area contributed by atoms with Gasteiger partial charge < -0.3 is 10.6 Å². The van der Waals surface area contributed by atoms with Crippen molar-refractivity contribution in [1.82, 2.24) is 4.90 Å². The summed E-state index contributed by atoms with van der Waals surface area (Å²) in [6.45, 7) is 5.64. The molecule has 1 aliphatic heterocycles. The van der Waals surface area contributed by atoms with E-state index in [0.717, 1.165) is 25.9 Å². The van der Waals surface area contributed by atoms with Crippen molar-refractivity contribution >= 4 is 21.8 Å². The molecule has 1 fully saturated rings. The second kappa shape index (κ2) is 5.12. The Morgan fingerprint density at radius 2 is 2.21 bits per heavy atom. The third-order valence-electron chi connectivity index (χ3n) is 2.68. The molecule has 2 atom stereocenters. The van der Waals surface area contributed by atoms with Crippen LogP contribution in [0.3, 0.4) is 0 Å². The minimum Gasteiger partial charge on any atom is -0.340 e. The Bertz CT molecular complexity index is 208. The molecule has 0 spiro atoms. The van der Waals surface area contributed by atoms with Gasteiger partial charge >= 0.3 is 0 Å². The van der Waals surface area contributed by atoms with Crippen LogP contribution >= 0.6 is 15.9 Å². The Balaban J connectivity index is 2.51. The zero-order valence-corrected chi connectivity index (χ0v) is 10.5. The summed E-state index contributed by atoms with van der Waals surface area (Å²) < 4.78 is 0. The second-order valence-corrected chi connectivity index (χ2v) is 5.59. The lowest BCUT2D eigenvalue weighted by Gasteiger charge is -2.32. The van der Waals surface area contributed by atoms with Gasteiger partial charge in [0.15, 0.2) is 0 Å². The Kier molecular flexibility index (Phi) is 4.38. The van der Waals surface area contributed by atoms with Gasteiger partial charge in [0.25, 0.3) is 0 Å². The number of nitrogens with two attached hydrogens (primary N) is 1. The van der Waals surface area contributed by atoms with Crippen LogP contribution in [0.2, 0.25) is 0 Å². The van der Waals surface area contributed by atoms with Gasteiger partial charge in [0.1, 0.15) is 0 Å². The zero-order chi connectivity index (χ0) is 10.7. The average Bonchev–Trinajstić information content (AvgIpc) is 2.15. The van der Waals surface area contributed by atoms with Gasteiger partial charge in [0.2, 0.25) is 5.91 Å². The summed E-state index contributed by atoms with van der Waals surface area (Å²) in [4.78, 5) is 14.2. The molecule has 0 radical (unpaired) electrons. The van der Waals surface area contributed by atoms with Crippen molar-refractivity contribution in [2.75, 3.05) is 13.1 Å². The van der Waals surface area contributed by atoms with E-state index in [0.29, 0.717) is 4.83 Å². The van der Waals surface area contributed by atoms with E-state index < -0.39 is 0 Å². The Morgan fingerprint density at radius 1 is 1.57 bits per heavy atom. The topological polar surface area (TPSA) is 46.3 Å². The lowest BCUT2D eigenvalue weighted by Crippen LogP contribution is -2.50. The zero-order valence-electron chi connectivity index (χ0n) is 8.87. The number of carbonyl (C=O) groups excluding carboxylic acids is 1. The van der Waals surface area contributed by atoms with Crippen LogP contribution in [0.25, 0.3) is 0 Å². The molecule has 1 aliphatic rings. The fraction of sp³-hybridized carbons (Fsp3) is 0.900. The maximum Gasteiger partial charge on any atom is 0.239 e. The number of carbonyl (C=O) groups is 1. The molecule has 0 saturated carbocycles. The van der Waals surface area contributed by atoms with Gasteiger partial charge in [-0.25, -0.2) is 0 Å². The highest BCUT2D eigenvalue weighted by Crippen LogP contribution is 2.18. The highest BCUT2D eigenvalue weighted by Gasteiger charge is 2.27. The van der Waals surface area contributed by atoms with Crippen LogP contribution in [0.15, 0.2) is 0 Å². The molecule has 1 rings (SSSR count). The van der Waals surface area contributed by atoms with E-state index in [9.17, 15) is 4.79 Å². The molecule has 1 saturated heterocycles. The minimum atomic E-state index is -0.340. The molecule has 0 bridgehead atoms. The van der Waals surface area contributed by atoms with Gasteiger partial charge in [0, 0.05) is 17.9 Å². The SMILES string of the molecule is CC(C)[C@H](N)C(=O)N1CCC[C@H](Br)C1. The van der Waals surface area contributed by atoms with E-state index >= 15 is 0 Å². The van der Waals surface area contributed by atoms with Crippen molar-refractivity contribution in [2.45, 2.75) is 37.6 Å². The number of likely N-dealkylation sites (tertiary alicyclic amines) is 1. The first-order valence-electron chi connectivity index (χ1n) is 5.20. The number of hydrogen-bond acceptors (Lipinski definition) is 2. The number of halogens is 1. The van der Waals surface area contributed by atoms with Gasteiger partial charge in [-0.2, -0.15) is 0 Å². The van der Waals surface area contributed by atoms with Gasteiger partial charge in [-0.3, -0.25) is 4.79 Å². The standard InChI is InChI=1S/C10H19BrN2O/c1-7(2)9(12)10(14)13-5-3-4-8(11)6-13/h7-9H,3-6,12H2,1-2H3/t8-,9-/m0/s1. The smallest absolute Gasteiger partial charge is 0.239 e. The first-order valence-corrected chi connectivity index (χ1v) is 6.12. The molecule has 14 heavy (non-hydrogen) atoms. The molecular weight excluding hydrogens is 244 g/mol. The molecule has 0 aromatic rings. The van der Waals surface area contributed by atoms with Crippen LogP contribution in [0, 0.1) is 5.92 Å². The average molecular weight is 263 g/mol. The molecule has 2 N–H and O–H groups in total. The summed E-state index contributed by atoms with van der Waals surface area (Å²) in [5.41, 5.74) is 5.83. The highest BCUT2D eigenvalue weighted by atomic mass is 79.9. The molecule has 0 aliphatic carbocycles. The Hall–Kier alpha value is -0.0900. The number of amides is 1. The number of piperidine rings is 1. The van der Waals surface area contributed by atoms with Crippen molar-refractivity contribution in [2.24, 2.45) is 11.7 Å². The largest absolute Gasteiger partial charge is 0.340 e. The molecule has 1 amide bonds. The molecule has 82 valence electrons. The quantitative estimate of drug-likeness (QED) is 0.764. The minimum absolute atomic E-state index is 0.101. The van der Waals surface area contributed by atoms with E-state index in [4.69, 9.17) is 5.73 Å². The fourth-order valence-corrected chi connectivity index (χ4v) is 2.29. The van der Waals surface area contributed by atoms with Gasteiger partial charge in [-0.05, 0) is 18.8 Å². The van der Waals surface area contributed by atoms with E-state index in [2.05, 4.69) is 15.9 Å². The lowest BCUT2D eigenvalue weighted by atomic mass is 10.0. The third kappa shape index (κ3) is 2.95. The van der Waals surface area contributed by atoms with Crippen molar-refractivity contribution in [3.05, 3.63) is 0 Å². The van der Waals surface area contributed by atoms with Crippen molar-refractivity contribution in [3.8, 4) is 0 Å². The molecule has 3 nitrogen and oxygen atoms in total. The molecule has 4 heteroatoms. The Morgan fingerprint density at radius 3 is 2.71 bits per heavy atom. The maximum absolute atomic E-state index is 11.9. The first kappa shape index (κ1) is 12.0. The van der Waals surface area contributed by atoms with E-state index in [1.807, 2.05) is 18.7 Å². The van der Waals surface area contributed by atoms with Crippen LogP contribution < -0.4 is 5.73 Å². The van der Waals surface area contributed by atoms with Crippen LogP contribution in [0.5, 0.6) is 0 Å². The van der Waals surface area contributed by atoms with Gasteiger partial charge in [-0.15, -0.1) is 0 Å². The van der Waals surface area contributed by atoms with Crippen LogP contribution in [0.4, 0.5) is 0 Å². The Labute approximate surface area is 94.1 Å². The highest BCUT2D eigenvalue weighted by molar-refractivity contribution is 9.09. The van der Waals surface area contributed by atoms with Crippen LogP contribution in [0.1, 0.15) is 26.7 Å². The fourth-order valence-electron chi connectivity index (χ4n) is 1.62. The monoisotopic (exact) mass is 262 g/mol. The number of nitrogens with zero attached hydrogens (tertiary/aromatic N) is 1. The molecule has 0 aromatic carbocycles. The van der Waals surface area contributed by atoms with Crippen molar-refractivity contribution < 1.29 is 4.79 Å². The maximum atomic E-state index is 11.9. The number of alkyl halides is 1.